The van der Waals surface area contributed by atoms with Gasteiger partial charge in [-0.1, -0.05) is 19.8 Å². The number of hydrogen-bond acceptors (Lipinski definition) is 4. The molecule has 0 amide bonds. The summed E-state index contributed by atoms with van der Waals surface area (Å²) in [5, 5.41) is 3.10. The Bertz CT molecular complexity index is 564. The summed E-state index contributed by atoms with van der Waals surface area (Å²) in [6.07, 6.45) is 5.12. The fourth-order valence-electron chi connectivity index (χ4n) is 2.98. The Hall–Kier alpha value is -0.430. The lowest BCUT2D eigenvalue weighted by atomic mass is 10.0. The Kier molecular flexibility index (Phi) is 5.82. The summed E-state index contributed by atoms with van der Waals surface area (Å²) < 4.78 is 28.2. The average molecular weight is 331 g/mol. The van der Waals surface area contributed by atoms with E-state index in [0.717, 1.165) is 49.1 Å². The number of nitrogens with zero attached hydrogens (tertiary/aromatic N) is 1. The van der Waals surface area contributed by atoms with Crippen LogP contribution in [0.1, 0.15) is 49.5 Å². The standard InChI is InChI=1S/C15H26N2O2S2/c1-4-7-13-8-5-6-9-17(13)21(18,19)15-10-12(2)14(20-15)11-16-3/h10,13,16H,4-9,11H2,1-3H3. The van der Waals surface area contributed by atoms with Gasteiger partial charge in [0, 0.05) is 24.0 Å². The third-order valence-electron chi connectivity index (χ3n) is 4.09. The molecular weight excluding hydrogens is 304 g/mol. The van der Waals surface area contributed by atoms with E-state index in [2.05, 4.69) is 12.2 Å². The van der Waals surface area contributed by atoms with Crippen molar-refractivity contribution < 1.29 is 8.42 Å². The predicted molar refractivity (Wildman–Crippen MR) is 88.3 cm³/mol. The van der Waals surface area contributed by atoms with Crippen LogP contribution in [0.15, 0.2) is 10.3 Å². The van der Waals surface area contributed by atoms with Crippen LogP contribution < -0.4 is 5.32 Å². The van der Waals surface area contributed by atoms with Gasteiger partial charge in [0.2, 0.25) is 0 Å². The molecule has 1 aliphatic rings. The molecule has 0 saturated carbocycles. The second-order valence-corrected chi connectivity index (χ2v) is 9.01. The summed E-state index contributed by atoms with van der Waals surface area (Å²) in [6, 6.07) is 2.02. The van der Waals surface area contributed by atoms with Gasteiger partial charge in [-0.15, -0.1) is 11.3 Å². The smallest absolute Gasteiger partial charge is 0.252 e. The second kappa shape index (κ2) is 7.22. The highest BCUT2D eigenvalue weighted by Crippen LogP contribution is 2.33. The van der Waals surface area contributed by atoms with E-state index in [0.29, 0.717) is 10.8 Å². The van der Waals surface area contributed by atoms with Gasteiger partial charge in [-0.05, 0) is 44.9 Å². The van der Waals surface area contributed by atoms with Crippen molar-refractivity contribution in [2.45, 2.75) is 62.7 Å². The van der Waals surface area contributed by atoms with Crippen LogP contribution in [-0.4, -0.2) is 32.4 Å². The summed E-state index contributed by atoms with van der Waals surface area (Å²) in [5.74, 6) is 0. The van der Waals surface area contributed by atoms with E-state index in [1.54, 1.807) is 4.31 Å². The van der Waals surface area contributed by atoms with Crippen molar-refractivity contribution in [3.63, 3.8) is 0 Å². The molecule has 0 aliphatic carbocycles. The quantitative estimate of drug-likeness (QED) is 0.872. The number of aryl methyl sites for hydroxylation is 1. The van der Waals surface area contributed by atoms with Gasteiger partial charge in [0.05, 0.1) is 0 Å². The van der Waals surface area contributed by atoms with Gasteiger partial charge < -0.3 is 5.32 Å². The van der Waals surface area contributed by atoms with Gasteiger partial charge in [0.25, 0.3) is 10.0 Å². The molecule has 0 spiro atoms. The minimum absolute atomic E-state index is 0.184. The van der Waals surface area contributed by atoms with Crippen molar-refractivity contribution in [2.24, 2.45) is 0 Å². The van der Waals surface area contributed by atoms with Gasteiger partial charge >= 0.3 is 0 Å². The molecule has 0 bridgehead atoms. The molecule has 1 fully saturated rings. The van der Waals surface area contributed by atoms with Crippen molar-refractivity contribution in [3.05, 3.63) is 16.5 Å². The van der Waals surface area contributed by atoms with Crippen molar-refractivity contribution in [2.75, 3.05) is 13.6 Å². The maximum atomic E-state index is 13.0. The van der Waals surface area contributed by atoms with E-state index in [1.165, 1.54) is 11.3 Å². The summed E-state index contributed by atoms with van der Waals surface area (Å²) >= 11 is 1.41. The lowest BCUT2D eigenvalue weighted by molar-refractivity contribution is 0.240. The first-order valence-electron chi connectivity index (χ1n) is 7.76. The number of nitrogens with one attached hydrogen (secondary N) is 1. The average Bonchev–Trinajstić information content (AvgIpc) is 2.82. The van der Waals surface area contributed by atoms with E-state index in [1.807, 2.05) is 20.0 Å². The van der Waals surface area contributed by atoms with Crippen LogP contribution in [0.4, 0.5) is 0 Å². The molecule has 2 heterocycles. The van der Waals surface area contributed by atoms with Gasteiger partial charge in [0.1, 0.15) is 4.21 Å². The molecule has 1 aromatic rings. The van der Waals surface area contributed by atoms with E-state index in [9.17, 15) is 8.42 Å². The number of thiophene rings is 1. The largest absolute Gasteiger partial charge is 0.315 e. The molecule has 1 aliphatic heterocycles. The third kappa shape index (κ3) is 3.67. The Morgan fingerprint density at radius 2 is 2.19 bits per heavy atom. The van der Waals surface area contributed by atoms with Crippen molar-refractivity contribution in [3.8, 4) is 0 Å². The molecule has 2 rings (SSSR count). The van der Waals surface area contributed by atoms with Crippen LogP contribution >= 0.6 is 11.3 Å². The molecule has 1 aromatic heterocycles. The molecule has 0 aromatic carbocycles. The van der Waals surface area contributed by atoms with E-state index in [-0.39, 0.29) is 6.04 Å². The van der Waals surface area contributed by atoms with Crippen molar-refractivity contribution in [1.82, 2.24) is 9.62 Å². The number of rotatable bonds is 6. The molecule has 4 nitrogen and oxygen atoms in total. The second-order valence-electron chi connectivity index (χ2n) is 5.76. The lowest BCUT2D eigenvalue weighted by Crippen LogP contribution is -2.43. The van der Waals surface area contributed by atoms with Crippen LogP contribution in [0.5, 0.6) is 0 Å². The Labute approximate surface area is 132 Å². The maximum absolute atomic E-state index is 13.0. The van der Waals surface area contributed by atoms with Crippen LogP contribution in [0, 0.1) is 6.92 Å². The zero-order chi connectivity index (χ0) is 15.5. The van der Waals surface area contributed by atoms with Crippen LogP contribution in [0.25, 0.3) is 0 Å². The highest BCUT2D eigenvalue weighted by Gasteiger charge is 2.34. The predicted octanol–water partition coefficient (Wildman–Crippen LogP) is 3.12. The Morgan fingerprint density at radius 1 is 1.43 bits per heavy atom. The van der Waals surface area contributed by atoms with Gasteiger partial charge in [-0.25, -0.2) is 8.42 Å². The SMILES string of the molecule is CCCC1CCCCN1S(=O)(=O)c1cc(C)c(CNC)s1. The molecule has 120 valence electrons. The van der Waals surface area contributed by atoms with E-state index < -0.39 is 10.0 Å². The van der Waals surface area contributed by atoms with Crippen LogP contribution in [0.3, 0.4) is 0 Å². The molecular formula is C15H26N2O2S2. The first-order valence-corrected chi connectivity index (χ1v) is 10.0. The van der Waals surface area contributed by atoms with Gasteiger partial charge in [-0.2, -0.15) is 4.31 Å². The lowest BCUT2D eigenvalue weighted by Gasteiger charge is -2.34. The van der Waals surface area contributed by atoms with Crippen LogP contribution in [-0.2, 0) is 16.6 Å². The van der Waals surface area contributed by atoms with Crippen molar-refractivity contribution in [1.29, 1.82) is 0 Å². The minimum atomic E-state index is -3.33. The van der Waals surface area contributed by atoms with E-state index in [4.69, 9.17) is 0 Å². The zero-order valence-corrected chi connectivity index (χ0v) is 14.8. The van der Waals surface area contributed by atoms with Crippen molar-refractivity contribution >= 4 is 21.4 Å². The molecule has 0 radical (unpaired) electrons. The molecule has 21 heavy (non-hydrogen) atoms. The normalized spacial score (nSPS) is 20.8. The third-order valence-corrected chi connectivity index (χ3v) is 7.73. The summed E-state index contributed by atoms with van der Waals surface area (Å²) in [7, 11) is -1.45. The Morgan fingerprint density at radius 3 is 2.86 bits per heavy atom. The molecule has 1 saturated heterocycles. The van der Waals surface area contributed by atoms with Crippen LogP contribution in [0.2, 0.25) is 0 Å². The highest BCUT2D eigenvalue weighted by molar-refractivity contribution is 7.91. The minimum Gasteiger partial charge on any atom is -0.315 e. The Balaban J connectivity index is 2.29. The first-order chi connectivity index (χ1) is 10.0. The molecule has 1 N–H and O–H groups in total. The first kappa shape index (κ1) is 16.9. The number of hydrogen-bond donors (Lipinski definition) is 1. The fourth-order valence-corrected chi connectivity index (χ4v) is 6.43. The summed E-state index contributed by atoms with van der Waals surface area (Å²) in [4.78, 5) is 1.11. The molecule has 1 unspecified atom stereocenters. The maximum Gasteiger partial charge on any atom is 0.252 e. The molecule has 6 heteroatoms. The van der Waals surface area contributed by atoms with Gasteiger partial charge in [-0.3, -0.25) is 0 Å². The summed E-state index contributed by atoms with van der Waals surface area (Å²) in [5.41, 5.74) is 1.07. The summed E-state index contributed by atoms with van der Waals surface area (Å²) in [6.45, 7) is 5.51. The number of piperidine rings is 1. The fraction of sp³-hybridized carbons (Fsp3) is 0.733. The topological polar surface area (TPSA) is 49.4 Å². The zero-order valence-electron chi connectivity index (χ0n) is 13.2. The van der Waals surface area contributed by atoms with Gasteiger partial charge in [0.15, 0.2) is 0 Å². The molecule has 1 atom stereocenters. The van der Waals surface area contributed by atoms with E-state index >= 15 is 0 Å². The monoisotopic (exact) mass is 330 g/mol. The highest BCUT2D eigenvalue weighted by atomic mass is 32.2. The number of sulfonamides is 1.